The molecule has 152 valence electrons. The Morgan fingerprint density at radius 1 is 1.03 bits per heavy atom. The Labute approximate surface area is 181 Å². The van der Waals surface area contributed by atoms with E-state index >= 15 is 0 Å². The number of carbonyl (C=O) groups excluding carboxylic acids is 2. The number of hydrogen-bond acceptors (Lipinski definition) is 3. The van der Waals surface area contributed by atoms with E-state index in [1.54, 1.807) is 4.90 Å². The Balaban J connectivity index is 1.50. The summed E-state index contributed by atoms with van der Waals surface area (Å²) in [6.45, 7) is 3.13. The van der Waals surface area contributed by atoms with E-state index in [-0.39, 0.29) is 11.8 Å². The second-order valence-electron chi connectivity index (χ2n) is 7.37. The number of aryl methyl sites for hydroxylation is 1. The number of anilines is 1. The van der Waals surface area contributed by atoms with Gasteiger partial charge in [0.05, 0.1) is 18.0 Å². The van der Waals surface area contributed by atoms with Gasteiger partial charge in [-0.25, -0.2) is 0 Å². The van der Waals surface area contributed by atoms with Crippen LogP contribution in [0.5, 0.6) is 0 Å². The van der Waals surface area contributed by atoms with E-state index in [1.165, 1.54) is 17.3 Å². The Bertz CT molecular complexity index is 1070. The molecule has 1 N–H and O–H groups in total. The lowest BCUT2D eigenvalue weighted by Crippen LogP contribution is -2.35. The van der Waals surface area contributed by atoms with Crippen LogP contribution in [0, 0.1) is 6.92 Å². The first-order valence-electron chi connectivity index (χ1n) is 10.1. The molecule has 3 aromatic rings. The third-order valence-corrected chi connectivity index (χ3v) is 6.34. The molecule has 0 radical (unpaired) electrons. The maximum Gasteiger partial charge on any atom is 0.251 e. The summed E-state index contributed by atoms with van der Waals surface area (Å²) in [5, 5.41) is 2.99. The van der Waals surface area contributed by atoms with E-state index in [4.69, 9.17) is 0 Å². The Morgan fingerprint density at radius 2 is 1.80 bits per heavy atom. The van der Waals surface area contributed by atoms with Gasteiger partial charge in [0.25, 0.3) is 5.91 Å². The van der Waals surface area contributed by atoms with E-state index in [1.807, 2.05) is 54.6 Å². The van der Waals surface area contributed by atoms with E-state index in [2.05, 4.69) is 30.4 Å². The highest BCUT2D eigenvalue weighted by molar-refractivity contribution is 8.00. The zero-order valence-corrected chi connectivity index (χ0v) is 17.7. The molecular weight excluding hydrogens is 392 g/mol. The van der Waals surface area contributed by atoms with Crippen molar-refractivity contribution in [3.63, 3.8) is 0 Å². The average molecular weight is 417 g/mol. The van der Waals surface area contributed by atoms with Gasteiger partial charge in [0, 0.05) is 17.0 Å². The normalized spacial score (nSPS) is 13.1. The first kappa shape index (κ1) is 20.2. The van der Waals surface area contributed by atoms with Crippen LogP contribution in [0.2, 0.25) is 0 Å². The van der Waals surface area contributed by atoms with Gasteiger partial charge >= 0.3 is 0 Å². The number of nitrogens with one attached hydrogen (secondary N) is 1. The summed E-state index contributed by atoms with van der Waals surface area (Å²) >= 11 is 1.53. The first-order chi connectivity index (χ1) is 14.6. The van der Waals surface area contributed by atoms with Crippen molar-refractivity contribution < 1.29 is 9.59 Å². The fourth-order valence-electron chi connectivity index (χ4n) is 3.54. The maximum atomic E-state index is 12.7. The van der Waals surface area contributed by atoms with Crippen LogP contribution in [0.3, 0.4) is 0 Å². The molecule has 0 saturated carbocycles. The van der Waals surface area contributed by atoms with Gasteiger partial charge < -0.3 is 10.2 Å². The molecule has 0 saturated heterocycles. The monoisotopic (exact) mass is 416 g/mol. The molecule has 4 nitrogen and oxygen atoms in total. The van der Waals surface area contributed by atoms with Crippen LogP contribution in [0.25, 0.3) is 0 Å². The standard InChI is InChI=1S/C25H24N2O2S/c1-18-7-5-6-10-21(18)16-27-22-15-20(11-12-23(22)30-17-24(27)28)25(29)26-14-13-19-8-3-2-4-9-19/h2-12,15H,13-14,16-17H2,1H3,(H,26,29). The van der Waals surface area contributed by atoms with Crippen molar-refractivity contribution in [2.24, 2.45) is 0 Å². The van der Waals surface area contributed by atoms with Gasteiger partial charge in [-0.05, 0) is 48.2 Å². The molecule has 5 heteroatoms. The quantitative estimate of drug-likeness (QED) is 0.639. The van der Waals surface area contributed by atoms with Crippen molar-refractivity contribution >= 4 is 29.3 Å². The smallest absolute Gasteiger partial charge is 0.251 e. The van der Waals surface area contributed by atoms with Crippen LogP contribution in [-0.2, 0) is 17.8 Å². The summed E-state index contributed by atoms with van der Waals surface area (Å²) < 4.78 is 0. The molecule has 0 atom stereocenters. The molecule has 1 aliphatic rings. The minimum absolute atomic E-state index is 0.0670. The lowest BCUT2D eigenvalue weighted by atomic mass is 10.1. The maximum absolute atomic E-state index is 12.7. The summed E-state index contributed by atoms with van der Waals surface area (Å²) in [6, 6.07) is 23.8. The predicted molar refractivity (Wildman–Crippen MR) is 122 cm³/mol. The molecule has 3 aromatic carbocycles. The van der Waals surface area contributed by atoms with Gasteiger partial charge in [0.1, 0.15) is 0 Å². The number of benzene rings is 3. The van der Waals surface area contributed by atoms with Crippen LogP contribution >= 0.6 is 11.8 Å². The van der Waals surface area contributed by atoms with Crippen molar-refractivity contribution in [1.29, 1.82) is 0 Å². The van der Waals surface area contributed by atoms with E-state index in [9.17, 15) is 9.59 Å². The number of hydrogen-bond donors (Lipinski definition) is 1. The van der Waals surface area contributed by atoms with Crippen molar-refractivity contribution in [2.75, 3.05) is 17.2 Å². The van der Waals surface area contributed by atoms with Crippen LogP contribution < -0.4 is 10.2 Å². The highest BCUT2D eigenvalue weighted by atomic mass is 32.2. The zero-order valence-electron chi connectivity index (χ0n) is 16.9. The summed E-state index contributed by atoms with van der Waals surface area (Å²) in [5.74, 6) is 0.367. The third-order valence-electron chi connectivity index (χ3n) is 5.30. The van der Waals surface area contributed by atoms with Crippen molar-refractivity contribution in [3.8, 4) is 0 Å². The van der Waals surface area contributed by atoms with Gasteiger partial charge in [-0.3, -0.25) is 9.59 Å². The molecular formula is C25H24N2O2S. The van der Waals surface area contributed by atoms with E-state index in [0.717, 1.165) is 28.1 Å². The number of nitrogens with zero attached hydrogens (tertiary/aromatic N) is 1. The molecule has 30 heavy (non-hydrogen) atoms. The highest BCUT2D eigenvalue weighted by Gasteiger charge is 2.26. The Morgan fingerprint density at radius 3 is 2.60 bits per heavy atom. The molecule has 2 amide bonds. The van der Waals surface area contributed by atoms with E-state index in [0.29, 0.717) is 24.4 Å². The predicted octanol–water partition coefficient (Wildman–Crippen LogP) is 4.61. The topological polar surface area (TPSA) is 49.4 Å². The number of fused-ring (bicyclic) bond motifs is 1. The molecule has 1 heterocycles. The highest BCUT2D eigenvalue weighted by Crippen LogP contribution is 2.37. The van der Waals surface area contributed by atoms with Gasteiger partial charge in [-0.1, -0.05) is 54.6 Å². The number of rotatable bonds is 6. The summed E-state index contributed by atoms with van der Waals surface area (Å²) in [6.07, 6.45) is 0.783. The lowest BCUT2D eigenvalue weighted by molar-refractivity contribution is -0.116. The van der Waals surface area contributed by atoms with Crippen molar-refractivity contribution in [1.82, 2.24) is 5.32 Å². The van der Waals surface area contributed by atoms with Crippen molar-refractivity contribution in [3.05, 3.63) is 95.1 Å². The zero-order chi connectivity index (χ0) is 20.9. The second-order valence-corrected chi connectivity index (χ2v) is 8.39. The van der Waals surface area contributed by atoms with Gasteiger partial charge in [-0.15, -0.1) is 11.8 Å². The van der Waals surface area contributed by atoms with Crippen LogP contribution in [0.4, 0.5) is 5.69 Å². The molecule has 0 bridgehead atoms. The largest absolute Gasteiger partial charge is 0.352 e. The van der Waals surface area contributed by atoms with E-state index < -0.39 is 0 Å². The fraction of sp³-hybridized carbons (Fsp3) is 0.200. The second kappa shape index (κ2) is 9.18. The average Bonchev–Trinajstić information content (AvgIpc) is 2.77. The molecule has 0 aliphatic carbocycles. The molecule has 1 aliphatic heterocycles. The minimum Gasteiger partial charge on any atom is -0.352 e. The van der Waals surface area contributed by atoms with Crippen LogP contribution in [0.15, 0.2) is 77.7 Å². The van der Waals surface area contributed by atoms with Gasteiger partial charge in [0.15, 0.2) is 0 Å². The summed E-state index contributed by atoms with van der Waals surface area (Å²) in [5.41, 5.74) is 4.85. The van der Waals surface area contributed by atoms with Gasteiger partial charge in [-0.2, -0.15) is 0 Å². The molecule has 0 aromatic heterocycles. The molecule has 0 fully saturated rings. The molecule has 4 rings (SSSR count). The lowest BCUT2D eigenvalue weighted by Gasteiger charge is -2.30. The Hall–Kier alpha value is -3.05. The summed E-state index contributed by atoms with van der Waals surface area (Å²) in [4.78, 5) is 28.2. The first-order valence-corrected chi connectivity index (χ1v) is 11.0. The number of thioether (sulfide) groups is 1. The van der Waals surface area contributed by atoms with Crippen LogP contribution in [-0.4, -0.2) is 24.1 Å². The Kier molecular flexibility index (Phi) is 6.19. The molecule has 0 spiro atoms. The fourth-order valence-corrected chi connectivity index (χ4v) is 4.46. The third kappa shape index (κ3) is 4.57. The van der Waals surface area contributed by atoms with Gasteiger partial charge in [0.2, 0.25) is 5.91 Å². The number of carbonyl (C=O) groups is 2. The number of amides is 2. The minimum atomic E-state index is -0.118. The molecule has 0 unspecified atom stereocenters. The van der Waals surface area contributed by atoms with Crippen molar-refractivity contribution in [2.45, 2.75) is 24.8 Å². The SMILES string of the molecule is Cc1ccccc1CN1C(=O)CSc2ccc(C(=O)NCCc3ccccc3)cc21. The van der Waals surface area contributed by atoms with Crippen LogP contribution in [0.1, 0.15) is 27.0 Å². The summed E-state index contributed by atoms with van der Waals surface area (Å²) in [7, 11) is 0.